The zero-order valence-electron chi connectivity index (χ0n) is 11.5. The van der Waals surface area contributed by atoms with Crippen LogP contribution in [0, 0.1) is 13.8 Å². The summed E-state index contributed by atoms with van der Waals surface area (Å²) in [5, 5.41) is 3.18. The van der Waals surface area contributed by atoms with Gasteiger partial charge < -0.3 is 14.6 Å². The molecule has 1 heterocycles. The Morgan fingerprint density at radius 2 is 2.05 bits per heavy atom. The molecule has 0 fully saturated rings. The van der Waals surface area contributed by atoms with Crippen LogP contribution in [0.4, 0.5) is 11.5 Å². The van der Waals surface area contributed by atoms with E-state index in [2.05, 4.69) is 10.3 Å². The average molecular weight is 259 g/mol. The quantitative estimate of drug-likeness (QED) is 0.917. The van der Waals surface area contributed by atoms with E-state index in [-0.39, 0.29) is 5.56 Å². The van der Waals surface area contributed by atoms with Crippen molar-refractivity contribution in [1.82, 2.24) is 9.55 Å². The second-order valence-electron chi connectivity index (χ2n) is 4.43. The number of benzene rings is 1. The highest BCUT2D eigenvalue weighted by Gasteiger charge is 2.09. The number of methoxy groups -OCH3 is 1. The van der Waals surface area contributed by atoms with Crippen LogP contribution in [0.2, 0.25) is 0 Å². The number of nitrogens with one attached hydrogen (secondary N) is 1. The Bertz CT molecular complexity index is 662. The van der Waals surface area contributed by atoms with E-state index in [1.54, 1.807) is 14.2 Å². The molecule has 2 aromatic rings. The van der Waals surface area contributed by atoms with Crippen molar-refractivity contribution in [2.45, 2.75) is 13.8 Å². The van der Waals surface area contributed by atoms with Crippen LogP contribution in [-0.2, 0) is 7.05 Å². The lowest BCUT2D eigenvalue weighted by molar-refractivity contribution is 0.412. The van der Waals surface area contributed by atoms with E-state index in [9.17, 15) is 4.79 Å². The molecule has 2 rings (SSSR count). The molecule has 0 amide bonds. The molecule has 0 spiro atoms. The maximum Gasteiger partial charge on any atom is 0.255 e. The van der Waals surface area contributed by atoms with E-state index in [1.165, 1.54) is 17.0 Å². The average Bonchev–Trinajstić information content (AvgIpc) is 2.39. The van der Waals surface area contributed by atoms with Crippen molar-refractivity contribution in [1.29, 1.82) is 0 Å². The second kappa shape index (κ2) is 5.14. The fraction of sp³-hybridized carbons (Fsp3) is 0.286. The van der Waals surface area contributed by atoms with Gasteiger partial charge in [0.1, 0.15) is 11.6 Å². The molecule has 0 radical (unpaired) electrons. The molecular weight excluding hydrogens is 242 g/mol. The van der Waals surface area contributed by atoms with Gasteiger partial charge in [-0.25, -0.2) is 4.98 Å². The van der Waals surface area contributed by atoms with Gasteiger partial charge in [-0.15, -0.1) is 0 Å². The highest BCUT2D eigenvalue weighted by atomic mass is 16.5. The summed E-state index contributed by atoms with van der Waals surface area (Å²) in [7, 11) is 3.30. The van der Waals surface area contributed by atoms with E-state index >= 15 is 0 Å². The first kappa shape index (κ1) is 13.1. The fourth-order valence-electron chi connectivity index (χ4n) is 1.90. The predicted octanol–water partition coefficient (Wildman–Crippen LogP) is 2.15. The zero-order valence-corrected chi connectivity index (χ0v) is 11.5. The number of nitrogens with zero attached hydrogens (tertiary/aromatic N) is 2. The Morgan fingerprint density at radius 1 is 1.32 bits per heavy atom. The number of aromatic nitrogens is 2. The van der Waals surface area contributed by atoms with Crippen LogP contribution in [-0.4, -0.2) is 16.7 Å². The van der Waals surface area contributed by atoms with Gasteiger partial charge >= 0.3 is 0 Å². The van der Waals surface area contributed by atoms with E-state index in [0.717, 1.165) is 22.6 Å². The van der Waals surface area contributed by atoms with Gasteiger partial charge in [0.25, 0.3) is 5.56 Å². The SMILES string of the molecule is COc1ccc(C)c(Nc2cc(=O)n(C)cn2)c1C. The third-order valence-corrected chi connectivity index (χ3v) is 3.07. The van der Waals surface area contributed by atoms with Crippen LogP contribution in [0.3, 0.4) is 0 Å². The lowest BCUT2D eigenvalue weighted by Crippen LogP contribution is -2.16. The topological polar surface area (TPSA) is 56.1 Å². The Morgan fingerprint density at radius 3 is 2.68 bits per heavy atom. The van der Waals surface area contributed by atoms with Gasteiger partial charge in [0.05, 0.1) is 13.4 Å². The van der Waals surface area contributed by atoms with Crippen molar-refractivity contribution in [2.75, 3.05) is 12.4 Å². The molecule has 19 heavy (non-hydrogen) atoms. The molecule has 0 bridgehead atoms. The van der Waals surface area contributed by atoms with Crippen LogP contribution < -0.4 is 15.6 Å². The van der Waals surface area contributed by atoms with E-state index in [1.807, 2.05) is 26.0 Å². The third-order valence-electron chi connectivity index (χ3n) is 3.07. The molecule has 0 aliphatic heterocycles. The predicted molar refractivity (Wildman–Crippen MR) is 75.2 cm³/mol. The minimum atomic E-state index is -0.101. The summed E-state index contributed by atoms with van der Waals surface area (Å²) in [6, 6.07) is 5.36. The molecule has 5 nitrogen and oxygen atoms in total. The Balaban J connectivity index is 2.42. The molecule has 0 atom stereocenters. The summed E-state index contributed by atoms with van der Waals surface area (Å²) in [6.45, 7) is 3.96. The van der Waals surface area contributed by atoms with E-state index in [0.29, 0.717) is 5.82 Å². The largest absolute Gasteiger partial charge is 0.496 e. The van der Waals surface area contributed by atoms with Gasteiger partial charge in [0.15, 0.2) is 0 Å². The Labute approximate surface area is 111 Å². The number of aryl methyl sites for hydroxylation is 2. The maximum absolute atomic E-state index is 11.6. The summed E-state index contributed by atoms with van der Waals surface area (Å²) < 4.78 is 6.72. The Kier molecular flexibility index (Phi) is 3.55. The molecule has 1 aromatic heterocycles. The first-order chi connectivity index (χ1) is 9.02. The summed E-state index contributed by atoms with van der Waals surface area (Å²) in [6.07, 6.45) is 1.50. The van der Waals surface area contributed by atoms with Crippen LogP contribution in [0.5, 0.6) is 5.75 Å². The number of anilines is 2. The molecule has 1 aromatic carbocycles. The maximum atomic E-state index is 11.6. The second-order valence-corrected chi connectivity index (χ2v) is 4.43. The summed E-state index contributed by atoms with van der Waals surface area (Å²) in [5.41, 5.74) is 2.88. The van der Waals surface area contributed by atoms with E-state index in [4.69, 9.17) is 4.74 Å². The van der Waals surface area contributed by atoms with Gasteiger partial charge in [-0.05, 0) is 25.5 Å². The van der Waals surface area contributed by atoms with Crippen molar-refractivity contribution in [3.05, 3.63) is 46.0 Å². The van der Waals surface area contributed by atoms with Gasteiger partial charge in [-0.2, -0.15) is 0 Å². The van der Waals surface area contributed by atoms with Crippen molar-refractivity contribution < 1.29 is 4.74 Å². The zero-order chi connectivity index (χ0) is 14.0. The Hall–Kier alpha value is -2.30. The first-order valence-corrected chi connectivity index (χ1v) is 5.97. The minimum Gasteiger partial charge on any atom is -0.496 e. The number of ether oxygens (including phenoxy) is 1. The number of hydrogen-bond donors (Lipinski definition) is 1. The molecular formula is C14H17N3O2. The normalized spacial score (nSPS) is 10.3. The molecule has 5 heteroatoms. The smallest absolute Gasteiger partial charge is 0.255 e. The minimum absolute atomic E-state index is 0.101. The van der Waals surface area contributed by atoms with Gasteiger partial charge in [-0.1, -0.05) is 6.07 Å². The first-order valence-electron chi connectivity index (χ1n) is 5.97. The standard InChI is InChI=1S/C14H17N3O2/c1-9-5-6-11(19-4)10(2)14(9)16-12-7-13(18)17(3)8-15-12/h5-8,16H,1-4H3. The van der Waals surface area contributed by atoms with Crippen molar-refractivity contribution in [3.63, 3.8) is 0 Å². The molecule has 0 saturated heterocycles. The van der Waals surface area contributed by atoms with Crippen LogP contribution in [0.1, 0.15) is 11.1 Å². The monoisotopic (exact) mass is 259 g/mol. The van der Waals surface area contributed by atoms with Crippen molar-refractivity contribution in [3.8, 4) is 5.75 Å². The molecule has 1 N–H and O–H groups in total. The highest BCUT2D eigenvalue weighted by molar-refractivity contribution is 5.67. The molecule has 100 valence electrons. The fourth-order valence-corrected chi connectivity index (χ4v) is 1.90. The third kappa shape index (κ3) is 2.59. The molecule has 0 unspecified atom stereocenters. The summed E-state index contributed by atoms with van der Waals surface area (Å²) >= 11 is 0. The lowest BCUT2D eigenvalue weighted by Gasteiger charge is -2.15. The number of hydrogen-bond acceptors (Lipinski definition) is 4. The van der Waals surface area contributed by atoms with Crippen molar-refractivity contribution >= 4 is 11.5 Å². The number of rotatable bonds is 3. The van der Waals surface area contributed by atoms with Gasteiger partial charge in [0, 0.05) is 24.4 Å². The molecule has 0 aliphatic carbocycles. The van der Waals surface area contributed by atoms with Crippen LogP contribution in [0.15, 0.2) is 29.3 Å². The van der Waals surface area contributed by atoms with Crippen LogP contribution >= 0.6 is 0 Å². The molecule has 0 aliphatic rings. The van der Waals surface area contributed by atoms with Crippen molar-refractivity contribution in [2.24, 2.45) is 7.05 Å². The highest BCUT2D eigenvalue weighted by Crippen LogP contribution is 2.30. The van der Waals surface area contributed by atoms with E-state index < -0.39 is 0 Å². The van der Waals surface area contributed by atoms with Crippen LogP contribution in [0.25, 0.3) is 0 Å². The van der Waals surface area contributed by atoms with Gasteiger partial charge in [-0.3, -0.25) is 4.79 Å². The summed E-state index contributed by atoms with van der Waals surface area (Å²) in [4.78, 5) is 15.8. The van der Waals surface area contributed by atoms with Gasteiger partial charge in [0.2, 0.25) is 0 Å². The molecule has 0 saturated carbocycles. The lowest BCUT2D eigenvalue weighted by atomic mass is 10.1. The summed E-state index contributed by atoms with van der Waals surface area (Å²) in [5.74, 6) is 1.33.